The maximum absolute atomic E-state index is 12.0. The number of nitrogens with one attached hydrogen (secondary N) is 1. The molecule has 2 amide bonds. The van der Waals surface area contributed by atoms with Crippen molar-refractivity contribution in [3.05, 3.63) is 35.9 Å². The number of carbonyl (C=O) groups excluding carboxylic acids is 1. The molecule has 0 saturated heterocycles. The lowest BCUT2D eigenvalue weighted by molar-refractivity contribution is -0.139. The molecule has 2 N–H and O–H groups in total. The van der Waals surface area contributed by atoms with Crippen LogP contribution in [0.5, 0.6) is 0 Å². The van der Waals surface area contributed by atoms with Gasteiger partial charge >= 0.3 is 12.0 Å². The molecule has 5 nitrogen and oxygen atoms in total. The van der Waals surface area contributed by atoms with Gasteiger partial charge in [-0.05, 0) is 11.5 Å². The molecule has 2 atom stereocenters. The molecule has 0 aliphatic rings. The van der Waals surface area contributed by atoms with E-state index >= 15 is 0 Å². The zero-order valence-corrected chi connectivity index (χ0v) is 12.2. The van der Waals surface area contributed by atoms with Crippen molar-refractivity contribution in [1.29, 1.82) is 0 Å². The Morgan fingerprint density at radius 1 is 1.30 bits per heavy atom. The number of carbonyl (C=O) groups is 2. The van der Waals surface area contributed by atoms with E-state index in [2.05, 4.69) is 19.2 Å². The van der Waals surface area contributed by atoms with Gasteiger partial charge in [0.05, 0.1) is 0 Å². The van der Waals surface area contributed by atoms with Crippen LogP contribution in [0.15, 0.2) is 30.3 Å². The average Bonchev–Trinajstić information content (AvgIpc) is 2.44. The summed E-state index contributed by atoms with van der Waals surface area (Å²) in [5, 5.41) is 11.8. The molecule has 0 fully saturated rings. The standard InChI is InChI=1S/C15H22N2O3/c1-4-11(2)10-17(3)15(20)16-13(14(18)19)12-8-6-5-7-9-12/h5-9,11,13H,4,10H2,1-3H3,(H,16,20)(H,18,19)/t11?,13-/m1/s1. The number of carboxylic acids is 1. The van der Waals surface area contributed by atoms with Crippen molar-refractivity contribution in [2.45, 2.75) is 26.3 Å². The maximum Gasteiger partial charge on any atom is 0.330 e. The van der Waals surface area contributed by atoms with E-state index in [1.807, 2.05) is 0 Å². The summed E-state index contributed by atoms with van der Waals surface area (Å²) in [5.74, 6) is -0.688. The van der Waals surface area contributed by atoms with Gasteiger partial charge in [-0.15, -0.1) is 0 Å². The molecule has 0 radical (unpaired) electrons. The minimum absolute atomic E-state index is 0.374. The minimum atomic E-state index is -1.07. The number of aliphatic carboxylic acids is 1. The first-order valence-corrected chi connectivity index (χ1v) is 6.75. The normalized spacial score (nSPS) is 13.3. The van der Waals surface area contributed by atoms with Crippen LogP contribution in [0.4, 0.5) is 4.79 Å². The Morgan fingerprint density at radius 3 is 2.40 bits per heavy atom. The van der Waals surface area contributed by atoms with Crippen molar-refractivity contribution in [3.63, 3.8) is 0 Å². The summed E-state index contributed by atoms with van der Waals surface area (Å²) in [5.41, 5.74) is 0.560. The maximum atomic E-state index is 12.0. The van der Waals surface area contributed by atoms with Crippen molar-refractivity contribution >= 4 is 12.0 Å². The molecule has 20 heavy (non-hydrogen) atoms. The number of nitrogens with zero attached hydrogens (tertiary/aromatic N) is 1. The fourth-order valence-corrected chi connectivity index (χ4v) is 1.85. The van der Waals surface area contributed by atoms with Gasteiger partial charge in [-0.3, -0.25) is 0 Å². The van der Waals surface area contributed by atoms with E-state index in [9.17, 15) is 14.7 Å². The summed E-state index contributed by atoms with van der Waals surface area (Å²) in [4.78, 5) is 24.9. The molecule has 1 aromatic rings. The van der Waals surface area contributed by atoms with E-state index in [-0.39, 0.29) is 6.03 Å². The largest absolute Gasteiger partial charge is 0.479 e. The third kappa shape index (κ3) is 4.57. The highest BCUT2D eigenvalue weighted by atomic mass is 16.4. The monoisotopic (exact) mass is 278 g/mol. The number of urea groups is 1. The number of hydrogen-bond donors (Lipinski definition) is 2. The van der Waals surface area contributed by atoms with E-state index < -0.39 is 12.0 Å². The molecule has 0 saturated carbocycles. The van der Waals surface area contributed by atoms with Crippen LogP contribution in [0, 0.1) is 5.92 Å². The number of carboxylic acid groups (broad SMARTS) is 1. The van der Waals surface area contributed by atoms with Gasteiger partial charge in [-0.2, -0.15) is 0 Å². The topological polar surface area (TPSA) is 69.6 Å². The van der Waals surface area contributed by atoms with Crippen LogP contribution in [0.1, 0.15) is 31.9 Å². The summed E-state index contributed by atoms with van der Waals surface area (Å²) in [6.45, 7) is 4.71. The fraction of sp³-hybridized carbons (Fsp3) is 0.467. The summed E-state index contributed by atoms with van der Waals surface area (Å²) < 4.78 is 0. The molecular weight excluding hydrogens is 256 g/mol. The van der Waals surface area contributed by atoms with Crippen molar-refractivity contribution in [3.8, 4) is 0 Å². The van der Waals surface area contributed by atoms with E-state index in [0.717, 1.165) is 6.42 Å². The molecule has 0 aromatic heterocycles. The van der Waals surface area contributed by atoms with Gasteiger partial charge in [-0.25, -0.2) is 9.59 Å². The molecular formula is C15H22N2O3. The molecule has 0 aliphatic carbocycles. The van der Waals surface area contributed by atoms with Gasteiger partial charge in [-0.1, -0.05) is 50.6 Å². The quantitative estimate of drug-likeness (QED) is 0.840. The SMILES string of the molecule is CCC(C)CN(C)C(=O)N[C@@H](C(=O)O)c1ccccc1. The summed E-state index contributed by atoms with van der Waals surface area (Å²) >= 11 is 0. The van der Waals surface area contributed by atoms with Crippen LogP contribution in [-0.2, 0) is 4.79 Å². The van der Waals surface area contributed by atoms with Crippen LogP contribution in [-0.4, -0.2) is 35.6 Å². The molecule has 1 aromatic carbocycles. The third-order valence-electron chi connectivity index (χ3n) is 3.28. The van der Waals surface area contributed by atoms with E-state index in [1.54, 1.807) is 37.4 Å². The Kier molecular flexibility index (Phi) is 6.03. The molecule has 0 bridgehead atoms. The zero-order chi connectivity index (χ0) is 15.1. The number of hydrogen-bond acceptors (Lipinski definition) is 2. The smallest absolute Gasteiger partial charge is 0.330 e. The van der Waals surface area contributed by atoms with Crippen LogP contribution in [0.3, 0.4) is 0 Å². The first kappa shape index (κ1) is 16.0. The second-order valence-electron chi connectivity index (χ2n) is 5.03. The summed E-state index contributed by atoms with van der Waals surface area (Å²) in [6, 6.07) is 7.28. The fourth-order valence-electron chi connectivity index (χ4n) is 1.85. The van der Waals surface area contributed by atoms with Crippen molar-refractivity contribution in [2.75, 3.05) is 13.6 Å². The highest BCUT2D eigenvalue weighted by Gasteiger charge is 2.23. The predicted octanol–water partition coefficient (Wildman–Crippen LogP) is 2.50. The van der Waals surface area contributed by atoms with E-state index in [0.29, 0.717) is 18.0 Å². The Labute approximate surface area is 119 Å². The Hall–Kier alpha value is -2.04. The lowest BCUT2D eigenvalue weighted by atomic mass is 10.1. The Bertz CT molecular complexity index is 448. The average molecular weight is 278 g/mol. The third-order valence-corrected chi connectivity index (χ3v) is 3.28. The highest BCUT2D eigenvalue weighted by molar-refractivity contribution is 5.83. The molecule has 110 valence electrons. The van der Waals surface area contributed by atoms with Gasteiger partial charge < -0.3 is 15.3 Å². The number of amides is 2. The first-order valence-electron chi connectivity index (χ1n) is 6.75. The summed E-state index contributed by atoms with van der Waals surface area (Å²) in [7, 11) is 1.67. The first-order chi connectivity index (χ1) is 9.45. The molecule has 0 aliphatic heterocycles. The Balaban J connectivity index is 2.72. The minimum Gasteiger partial charge on any atom is -0.479 e. The molecule has 0 heterocycles. The van der Waals surface area contributed by atoms with Gasteiger partial charge in [0, 0.05) is 13.6 Å². The zero-order valence-electron chi connectivity index (χ0n) is 12.2. The molecule has 5 heteroatoms. The van der Waals surface area contributed by atoms with E-state index in [1.165, 1.54) is 4.90 Å². The predicted molar refractivity (Wildman–Crippen MR) is 77.4 cm³/mol. The van der Waals surface area contributed by atoms with Crippen molar-refractivity contribution < 1.29 is 14.7 Å². The number of benzene rings is 1. The summed E-state index contributed by atoms with van der Waals surface area (Å²) in [6.07, 6.45) is 0.971. The Morgan fingerprint density at radius 2 is 1.90 bits per heavy atom. The molecule has 1 unspecified atom stereocenters. The van der Waals surface area contributed by atoms with Crippen molar-refractivity contribution in [1.82, 2.24) is 10.2 Å². The van der Waals surface area contributed by atoms with Crippen LogP contribution < -0.4 is 5.32 Å². The second kappa shape index (κ2) is 7.53. The van der Waals surface area contributed by atoms with E-state index in [4.69, 9.17) is 0 Å². The van der Waals surface area contributed by atoms with Gasteiger partial charge in [0.2, 0.25) is 0 Å². The second-order valence-corrected chi connectivity index (χ2v) is 5.03. The highest BCUT2D eigenvalue weighted by Crippen LogP contribution is 2.13. The van der Waals surface area contributed by atoms with Gasteiger partial charge in [0.15, 0.2) is 6.04 Å². The van der Waals surface area contributed by atoms with Gasteiger partial charge in [0.1, 0.15) is 0 Å². The molecule has 1 rings (SSSR count). The van der Waals surface area contributed by atoms with Crippen LogP contribution >= 0.6 is 0 Å². The van der Waals surface area contributed by atoms with Crippen molar-refractivity contribution in [2.24, 2.45) is 5.92 Å². The van der Waals surface area contributed by atoms with Crippen LogP contribution in [0.25, 0.3) is 0 Å². The van der Waals surface area contributed by atoms with Gasteiger partial charge in [0.25, 0.3) is 0 Å². The van der Waals surface area contributed by atoms with Crippen LogP contribution in [0.2, 0.25) is 0 Å². The number of rotatable bonds is 6. The lowest BCUT2D eigenvalue weighted by Crippen LogP contribution is -2.43. The molecule has 0 spiro atoms. The lowest BCUT2D eigenvalue weighted by Gasteiger charge is -2.23.